The number of halogens is 1. The fourth-order valence-corrected chi connectivity index (χ4v) is 1.13. The van der Waals surface area contributed by atoms with Gasteiger partial charge in [0.2, 0.25) is 0 Å². The third kappa shape index (κ3) is 1.51. The quantitative estimate of drug-likeness (QED) is 0.555. The van der Waals surface area contributed by atoms with E-state index in [-0.39, 0.29) is 6.61 Å². The van der Waals surface area contributed by atoms with E-state index in [4.69, 9.17) is 10.2 Å². The minimum absolute atomic E-state index is 0.351. The van der Waals surface area contributed by atoms with Crippen LogP contribution in [-0.2, 0) is 9.47 Å². The first-order valence-electron chi connectivity index (χ1n) is 3.32. The molecule has 0 aromatic heterocycles. The van der Waals surface area contributed by atoms with Crippen molar-refractivity contribution in [2.75, 3.05) is 13.7 Å². The van der Waals surface area contributed by atoms with Gasteiger partial charge in [0.05, 0.1) is 6.61 Å². The Morgan fingerprint density at radius 1 is 1.64 bits per heavy atom. The molecule has 1 fully saturated rings. The lowest BCUT2D eigenvalue weighted by atomic mass is 10.2. The van der Waals surface area contributed by atoms with Gasteiger partial charge in [0.1, 0.15) is 12.2 Å². The Morgan fingerprint density at radius 2 is 2.27 bits per heavy atom. The summed E-state index contributed by atoms with van der Waals surface area (Å²) in [5.41, 5.74) is 0. The van der Waals surface area contributed by atoms with Crippen LogP contribution in [0.2, 0.25) is 0 Å². The van der Waals surface area contributed by atoms with Gasteiger partial charge in [-0.3, -0.25) is 0 Å². The fourth-order valence-electron chi connectivity index (χ4n) is 1.13. The maximum Gasteiger partial charge on any atom is 0.189 e. The summed E-state index contributed by atoms with van der Waals surface area (Å²) in [6.07, 6.45) is -4.67. The summed E-state index contributed by atoms with van der Waals surface area (Å²) in [4.78, 5) is 0. The van der Waals surface area contributed by atoms with E-state index in [1.54, 1.807) is 0 Å². The molecule has 11 heavy (non-hydrogen) atoms. The molecule has 1 saturated heterocycles. The summed E-state index contributed by atoms with van der Waals surface area (Å²) < 4.78 is 22.1. The Kier molecular flexibility index (Phi) is 2.78. The van der Waals surface area contributed by atoms with Crippen LogP contribution in [0.1, 0.15) is 0 Å². The minimum atomic E-state index is -1.57. The predicted molar refractivity (Wildman–Crippen MR) is 33.7 cm³/mol. The van der Waals surface area contributed by atoms with Crippen LogP contribution >= 0.6 is 0 Å². The molecule has 4 atom stereocenters. The lowest BCUT2D eigenvalue weighted by Crippen LogP contribution is -2.33. The van der Waals surface area contributed by atoms with Crippen LogP contribution in [0.5, 0.6) is 0 Å². The number of alkyl halides is 1. The molecule has 0 amide bonds. The summed E-state index contributed by atoms with van der Waals surface area (Å²) in [5.74, 6) is 0. The zero-order chi connectivity index (χ0) is 8.43. The molecule has 1 aliphatic heterocycles. The molecular weight excluding hydrogens is 155 g/mol. The van der Waals surface area contributed by atoms with E-state index in [1.807, 2.05) is 0 Å². The predicted octanol–water partition coefficient (Wildman–Crippen LogP) is -0.951. The molecule has 0 aromatic rings. The zero-order valence-electron chi connectivity index (χ0n) is 6.11. The van der Waals surface area contributed by atoms with E-state index in [1.165, 1.54) is 7.11 Å². The van der Waals surface area contributed by atoms with Gasteiger partial charge in [-0.1, -0.05) is 0 Å². The van der Waals surface area contributed by atoms with Gasteiger partial charge in [-0.05, 0) is 0 Å². The van der Waals surface area contributed by atoms with Crippen LogP contribution in [-0.4, -0.2) is 48.6 Å². The van der Waals surface area contributed by atoms with E-state index < -0.39 is 24.7 Å². The normalized spacial score (nSPS) is 44.7. The first-order valence-corrected chi connectivity index (χ1v) is 3.32. The van der Waals surface area contributed by atoms with Crippen LogP contribution in [0.25, 0.3) is 0 Å². The van der Waals surface area contributed by atoms with Crippen molar-refractivity contribution in [2.45, 2.75) is 24.7 Å². The second kappa shape index (κ2) is 3.44. The highest BCUT2D eigenvalue weighted by Crippen LogP contribution is 2.24. The van der Waals surface area contributed by atoms with Gasteiger partial charge in [0.25, 0.3) is 0 Å². The molecule has 0 spiro atoms. The van der Waals surface area contributed by atoms with Crippen LogP contribution in [0.4, 0.5) is 4.39 Å². The van der Waals surface area contributed by atoms with Crippen LogP contribution < -0.4 is 0 Å². The van der Waals surface area contributed by atoms with E-state index in [0.717, 1.165) is 0 Å². The van der Waals surface area contributed by atoms with Gasteiger partial charge in [-0.15, -0.1) is 0 Å². The van der Waals surface area contributed by atoms with Crippen molar-refractivity contribution in [3.63, 3.8) is 0 Å². The SMILES string of the molecule is CO[C@H]1[C@H](F)[C@H](O)O[C@@H]1CO. The van der Waals surface area contributed by atoms with Crippen molar-refractivity contribution < 1.29 is 24.1 Å². The maximum atomic E-state index is 12.8. The monoisotopic (exact) mass is 166 g/mol. The molecule has 0 saturated carbocycles. The summed E-state index contributed by atoms with van der Waals surface area (Å²) in [7, 11) is 1.31. The lowest BCUT2D eigenvalue weighted by Gasteiger charge is -2.14. The Bertz CT molecular complexity index is 132. The Morgan fingerprint density at radius 3 is 2.64 bits per heavy atom. The Labute approximate surface area is 63.5 Å². The van der Waals surface area contributed by atoms with Gasteiger partial charge >= 0.3 is 0 Å². The van der Waals surface area contributed by atoms with Crippen LogP contribution in [0.3, 0.4) is 0 Å². The highest BCUT2D eigenvalue weighted by molar-refractivity contribution is 4.86. The molecule has 66 valence electrons. The van der Waals surface area contributed by atoms with Crippen molar-refractivity contribution in [1.29, 1.82) is 0 Å². The highest BCUT2D eigenvalue weighted by Gasteiger charge is 2.44. The number of hydrogen-bond acceptors (Lipinski definition) is 4. The zero-order valence-corrected chi connectivity index (χ0v) is 6.11. The lowest BCUT2D eigenvalue weighted by molar-refractivity contribution is -0.121. The van der Waals surface area contributed by atoms with Gasteiger partial charge in [-0.25, -0.2) is 4.39 Å². The van der Waals surface area contributed by atoms with Crippen molar-refractivity contribution in [1.82, 2.24) is 0 Å². The molecule has 1 rings (SSSR count). The number of ether oxygens (including phenoxy) is 2. The number of aliphatic hydroxyl groups is 2. The molecule has 0 bridgehead atoms. The average Bonchev–Trinajstić information content (AvgIpc) is 2.28. The number of methoxy groups -OCH3 is 1. The highest BCUT2D eigenvalue weighted by atomic mass is 19.1. The van der Waals surface area contributed by atoms with Gasteiger partial charge in [0.15, 0.2) is 12.5 Å². The molecule has 5 heteroatoms. The van der Waals surface area contributed by atoms with Gasteiger partial charge in [-0.2, -0.15) is 0 Å². The molecule has 0 unspecified atom stereocenters. The second-order valence-corrected chi connectivity index (χ2v) is 2.39. The Balaban J connectivity index is 2.57. The maximum absolute atomic E-state index is 12.8. The average molecular weight is 166 g/mol. The van der Waals surface area contributed by atoms with E-state index in [2.05, 4.69) is 9.47 Å². The first kappa shape index (κ1) is 8.86. The summed E-state index contributed by atoms with van der Waals surface area (Å²) >= 11 is 0. The van der Waals surface area contributed by atoms with Gasteiger partial charge in [0, 0.05) is 7.11 Å². The minimum Gasteiger partial charge on any atom is -0.394 e. The molecule has 0 aromatic carbocycles. The molecule has 4 nitrogen and oxygen atoms in total. The van der Waals surface area contributed by atoms with Crippen molar-refractivity contribution >= 4 is 0 Å². The Hall–Kier alpha value is -0.230. The molecule has 0 radical (unpaired) electrons. The fraction of sp³-hybridized carbons (Fsp3) is 1.00. The summed E-state index contributed by atoms with van der Waals surface area (Å²) in [6, 6.07) is 0. The molecule has 1 heterocycles. The summed E-state index contributed by atoms with van der Waals surface area (Å²) in [6.45, 7) is -0.351. The number of aliphatic hydroxyl groups excluding tert-OH is 2. The molecule has 2 N–H and O–H groups in total. The first-order chi connectivity index (χ1) is 5.20. The third-order valence-electron chi connectivity index (χ3n) is 1.72. The largest absolute Gasteiger partial charge is 0.394 e. The second-order valence-electron chi connectivity index (χ2n) is 2.39. The van der Waals surface area contributed by atoms with Crippen LogP contribution in [0, 0.1) is 0 Å². The van der Waals surface area contributed by atoms with Gasteiger partial charge < -0.3 is 19.7 Å². The van der Waals surface area contributed by atoms with Crippen molar-refractivity contribution in [3.05, 3.63) is 0 Å². The summed E-state index contributed by atoms with van der Waals surface area (Å²) in [5, 5.41) is 17.4. The smallest absolute Gasteiger partial charge is 0.189 e. The van der Waals surface area contributed by atoms with E-state index in [9.17, 15) is 4.39 Å². The van der Waals surface area contributed by atoms with E-state index >= 15 is 0 Å². The standard InChI is InChI=1S/C6H11FO4/c1-10-5-3(2-8)11-6(9)4(5)7/h3-6,8-9H,2H2,1H3/t3-,4+,5-,6-/m1/s1. The molecule has 1 aliphatic rings. The number of rotatable bonds is 2. The number of hydrogen-bond donors (Lipinski definition) is 2. The topological polar surface area (TPSA) is 58.9 Å². The third-order valence-corrected chi connectivity index (χ3v) is 1.72. The van der Waals surface area contributed by atoms with Crippen molar-refractivity contribution in [2.24, 2.45) is 0 Å². The van der Waals surface area contributed by atoms with Crippen LogP contribution in [0.15, 0.2) is 0 Å². The molecular formula is C6H11FO4. The van der Waals surface area contributed by atoms with E-state index in [0.29, 0.717) is 0 Å². The molecule has 0 aliphatic carbocycles. The van der Waals surface area contributed by atoms with Crippen molar-refractivity contribution in [3.8, 4) is 0 Å².